The van der Waals surface area contributed by atoms with Crippen LogP contribution in [0.2, 0.25) is 0 Å². The van der Waals surface area contributed by atoms with Crippen molar-refractivity contribution >= 4 is 27.5 Å². The molecule has 1 heterocycles. The van der Waals surface area contributed by atoms with Gasteiger partial charge in [-0.05, 0) is 43.2 Å². The van der Waals surface area contributed by atoms with Crippen LogP contribution in [0.25, 0.3) is 10.1 Å². The first kappa shape index (κ1) is 15.8. The summed E-state index contributed by atoms with van der Waals surface area (Å²) in [4.78, 5) is 13.9. The molecule has 0 saturated carbocycles. The number of hydrogen-bond acceptors (Lipinski definition) is 3. The number of rotatable bonds is 5. The van der Waals surface area contributed by atoms with Crippen LogP contribution in [0.15, 0.2) is 29.6 Å². The first-order valence-corrected chi connectivity index (χ1v) is 8.04. The number of fused-ring (bicyclic) bond motifs is 1. The van der Waals surface area contributed by atoms with Gasteiger partial charge in [0.05, 0.1) is 6.10 Å². The molecule has 0 aliphatic heterocycles. The SMILES string of the molecule is CC(C)N(C[C@H](C)O)C(=O)NCc1csc2ccccc12. The number of urea groups is 1. The van der Waals surface area contributed by atoms with Gasteiger partial charge in [-0.1, -0.05) is 18.2 Å². The van der Waals surface area contributed by atoms with Crippen molar-refractivity contribution in [3.8, 4) is 0 Å². The largest absolute Gasteiger partial charge is 0.392 e. The molecule has 2 aromatic rings. The standard InChI is InChI=1S/C16H22N2O2S/c1-11(2)18(9-12(3)19)16(20)17-8-13-10-21-15-7-5-4-6-14(13)15/h4-7,10-12,19H,8-9H2,1-3H3,(H,17,20)/t12-/m0/s1. The van der Waals surface area contributed by atoms with Crippen LogP contribution < -0.4 is 5.32 Å². The lowest BCUT2D eigenvalue weighted by Gasteiger charge is -2.28. The topological polar surface area (TPSA) is 52.6 Å². The number of thiophene rings is 1. The maximum Gasteiger partial charge on any atom is 0.317 e. The summed E-state index contributed by atoms with van der Waals surface area (Å²) >= 11 is 1.69. The number of hydrogen-bond donors (Lipinski definition) is 2. The lowest BCUT2D eigenvalue weighted by Crippen LogP contribution is -2.46. The van der Waals surface area contributed by atoms with Crippen LogP contribution in [-0.4, -0.2) is 34.7 Å². The Morgan fingerprint density at radius 3 is 2.71 bits per heavy atom. The fourth-order valence-electron chi connectivity index (χ4n) is 2.25. The van der Waals surface area contributed by atoms with Crippen LogP contribution in [0.3, 0.4) is 0 Å². The van der Waals surface area contributed by atoms with Crippen molar-refractivity contribution in [3.63, 3.8) is 0 Å². The van der Waals surface area contributed by atoms with E-state index in [-0.39, 0.29) is 12.1 Å². The van der Waals surface area contributed by atoms with E-state index in [1.54, 1.807) is 23.2 Å². The zero-order valence-electron chi connectivity index (χ0n) is 12.7. The minimum Gasteiger partial charge on any atom is -0.392 e. The highest BCUT2D eigenvalue weighted by Gasteiger charge is 2.18. The summed E-state index contributed by atoms with van der Waals surface area (Å²) < 4.78 is 1.23. The fraction of sp³-hybridized carbons (Fsp3) is 0.438. The smallest absolute Gasteiger partial charge is 0.317 e. The Bertz CT molecular complexity index is 607. The molecule has 4 nitrogen and oxygen atoms in total. The molecule has 2 rings (SSSR count). The van der Waals surface area contributed by atoms with Gasteiger partial charge in [0, 0.05) is 23.8 Å². The molecule has 0 spiro atoms. The molecule has 114 valence electrons. The maximum absolute atomic E-state index is 12.3. The molecule has 0 unspecified atom stereocenters. The normalized spacial score (nSPS) is 12.6. The molecule has 1 aromatic heterocycles. The molecule has 2 amide bonds. The van der Waals surface area contributed by atoms with Crippen molar-refractivity contribution < 1.29 is 9.90 Å². The van der Waals surface area contributed by atoms with E-state index in [9.17, 15) is 9.90 Å². The Kier molecular flexibility index (Phi) is 5.20. The summed E-state index contributed by atoms with van der Waals surface area (Å²) in [6.45, 7) is 6.43. The van der Waals surface area contributed by atoms with E-state index < -0.39 is 6.10 Å². The van der Waals surface area contributed by atoms with Crippen molar-refractivity contribution in [1.29, 1.82) is 0 Å². The summed E-state index contributed by atoms with van der Waals surface area (Å²) in [6.07, 6.45) is -0.528. The number of amides is 2. The highest BCUT2D eigenvalue weighted by Crippen LogP contribution is 2.25. The highest BCUT2D eigenvalue weighted by atomic mass is 32.1. The lowest BCUT2D eigenvalue weighted by atomic mass is 10.2. The number of carbonyl (C=O) groups is 1. The number of aliphatic hydroxyl groups excluding tert-OH is 1. The summed E-state index contributed by atoms with van der Waals surface area (Å²) in [5.41, 5.74) is 1.13. The Balaban J connectivity index is 2.02. The van der Waals surface area contributed by atoms with Gasteiger partial charge in [0.15, 0.2) is 0 Å². The Labute approximate surface area is 129 Å². The van der Waals surface area contributed by atoms with E-state index in [2.05, 4.69) is 22.8 Å². The van der Waals surface area contributed by atoms with Gasteiger partial charge < -0.3 is 15.3 Å². The fourth-order valence-corrected chi connectivity index (χ4v) is 3.22. The van der Waals surface area contributed by atoms with E-state index in [1.165, 1.54) is 10.1 Å². The molecular weight excluding hydrogens is 284 g/mol. The molecule has 1 atom stereocenters. The summed E-state index contributed by atoms with van der Waals surface area (Å²) in [6, 6.07) is 8.10. The van der Waals surface area contributed by atoms with E-state index in [0.29, 0.717) is 13.1 Å². The first-order valence-electron chi connectivity index (χ1n) is 7.16. The molecule has 0 saturated heterocycles. The Morgan fingerprint density at radius 1 is 1.33 bits per heavy atom. The predicted molar refractivity (Wildman–Crippen MR) is 87.6 cm³/mol. The van der Waals surface area contributed by atoms with Gasteiger partial charge in [-0.15, -0.1) is 11.3 Å². The molecule has 0 radical (unpaired) electrons. The number of nitrogens with one attached hydrogen (secondary N) is 1. The lowest BCUT2D eigenvalue weighted by molar-refractivity contribution is 0.119. The second-order valence-electron chi connectivity index (χ2n) is 5.51. The monoisotopic (exact) mass is 306 g/mol. The van der Waals surface area contributed by atoms with Gasteiger partial charge in [0.1, 0.15) is 0 Å². The Hall–Kier alpha value is -1.59. The third-order valence-electron chi connectivity index (χ3n) is 3.34. The van der Waals surface area contributed by atoms with Gasteiger partial charge in [0.25, 0.3) is 0 Å². The maximum atomic E-state index is 12.3. The van der Waals surface area contributed by atoms with Crippen LogP contribution >= 0.6 is 11.3 Å². The quantitative estimate of drug-likeness (QED) is 0.891. The summed E-state index contributed by atoms with van der Waals surface area (Å²) in [5.74, 6) is 0. The van der Waals surface area contributed by atoms with E-state index >= 15 is 0 Å². The zero-order chi connectivity index (χ0) is 15.4. The molecule has 0 fully saturated rings. The van der Waals surface area contributed by atoms with Crippen LogP contribution in [0.5, 0.6) is 0 Å². The zero-order valence-corrected chi connectivity index (χ0v) is 13.5. The number of aliphatic hydroxyl groups is 1. The van der Waals surface area contributed by atoms with Crippen LogP contribution in [-0.2, 0) is 6.54 Å². The minimum atomic E-state index is -0.528. The van der Waals surface area contributed by atoms with Gasteiger partial charge in [0.2, 0.25) is 0 Å². The second kappa shape index (κ2) is 6.91. The molecule has 2 N–H and O–H groups in total. The molecule has 0 aliphatic rings. The van der Waals surface area contributed by atoms with E-state index in [4.69, 9.17) is 0 Å². The molecule has 0 bridgehead atoms. The average Bonchev–Trinajstić information content (AvgIpc) is 2.85. The van der Waals surface area contributed by atoms with E-state index in [0.717, 1.165) is 5.56 Å². The summed E-state index contributed by atoms with van der Waals surface area (Å²) in [5, 5.41) is 15.7. The first-order chi connectivity index (χ1) is 9.99. The van der Waals surface area contributed by atoms with E-state index in [1.807, 2.05) is 26.0 Å². The third kappa shape index (κ3) is 3.95. The second-order valence-corrected chi connectivity index (χ2v) is 6.42. The third-order valence-corrected chi connectivity index (χ3v) is 4.35. The molecule has 0 aliphatic carbocycles. The van der Waals surface area contributed by atoms with Gasteiger partial charge in [-0.3, -0.25) is 0 Å². The molecule has 5 heteroatoms. The van der Waals surface area contributed by atoms with Gasteiger partial charge in [-0.25, -0.2) is 4.79 Å². The van der Waals surface area contributed by atoms with Crippen LogP contribution in [0.1, 0.15) is 26.3 Å². The molecule has 1 aromatic carbocycles. The Morgan fingerprint density at radius 2 is 2.05 bits per heavy atom. The highest BCUT2D eigenvalue weighted by molar-refractivity contribution is 7.17. The number of benzene rings is 1. The van der Waals surface area contributed by atoms with Crippen LogP contribution in [0, 0.1) is 0 Å². The van der Waals surface area contributed by atoms with Crippen LogP contribution in [0.4, 0.5) is 4.79 Å². The average molecular weight is 306 g/mol. The van der Waals surface area contributed by atoms with Crippen molar-refractivity contribution in [3.05, 3.63) is 35.2 Å². The number of carbonyl (C=O) groups excluding carboxylic acids is 1. The van der Waals surface area contributed by atoms with Crippen molar-refractivity contribution in [2.24, 2.45) is 0 Å². The van der Waals surface area contributed by atoms with Crippen molar-refractivity contribution in [2.45, 2.75) is 39.5 Å². The predicted octanol–water partition coefficient (Wildman–Crippen LogP) is 3.20. The van der Waals surface area contributed by atoms with Gasteiger partial charge in [-0.2, -0.15) is 0 Å². The molecular formula is C16H22N2O2S. The van der Waals surface area contributed by atoms with Crippen molar-refractivity contribution in [1.82, 2.24) is 10.2 Å². The van der Waals surface area contributed by atoms with Crippen molar-refractivity contribution in [2.75, 3.05) is 6.54 Å². The summed E-state index contributed by atoms with van der Waals surface area (Å²) in [7, 11) is 0. The minimum absolute atomic E-state index is 0.0545. The molecule has 21 heavy (non-hydrogen) atoms. The number of nitrogens with zero attached hydrogens (tertiary/aromatic N) is 1. The van der Waals surface area contributed by atoms with Gasteiger partial charge >= 0.3 is 6.03 Å².